The molecule has 0 aromatic carbocycles. The number of hydrogen-bond acceptors (Lipinski definition) is 5. The number of hydrogen-bond donors (Lipinski definition) is 0. The number of esters is 1. The molecule has 172 valence electrons. The maximum atomic E-state index is 12.6. The Labute approximate surface area is 184 Å². The van der Waals surface area contributed by atoms with Crippen LogP contribution >= 0.6 is 0 Å². The minimum absolute atomic E-state index is 0.0197. The molecule has 1 heterocycles. The number of rotatable bonds is 10. The molecule has 1 atom stereocenters. The SMILES string of the molecule is CC(C)[S+](C(C)C)[C@](C)(OCCn1cc([N+](=O)[O-])cc1C(=O)OC(C)(C)C)C(C)C. The molecule has 0 fully saturated rings. The molecule has 8 heteroatoms. The van der Waals surface area contributed by atoms with Gasteiger partial charge in [0.25, 0.3) is 5.69 Å². The third kappa shape index (κ3) is 6.74. The summed E-state index contributed by atoms with van der Waals surface area (Å²) in [5.41, 5.74) is -0.652. The Morgan fingerprint density at radius 2 is 1.67 bits per heavy atom. The predicted molar refractivity (Wildman–Crippen MR) is 123 cm³/mol. The van der Waals surface area contributed by atoms with Gasteiger partial charge in [-0.1, -0.05) is 13.8 Å². The van der Waals surface area contributed by atoms with E-state index in [1.54, 1.807) is 25.3 Å². The smallest absolute Gasteiger partial charge is 0.355 e. The van der Waals surface area contributed by atoms with E-state index < -0.39 is 16.5 Å². The van der Waals surface area contributed by atoms with Gasteiger partial charge in [0.1, 0.15) is 21.8 Å². The summed E-state index contributed by atoms with van der Waals surface area (Å²) in [5.74, 6) is -0.277. The van der Waals surface area contributed by atoms with Crippen LogP contribution in [0.1, 0.15) is 79.7 Å². The minimum Gasteiger partial charge on any atom is -0.455 e. The molecule has 1 aromatic rings. The Balaban J connectivity index is 3.09. The lowest BCUT2D eigenvalue weighted by Gasteiger charge is -2.37. The zero-order valence-electron chi connectivity index (χ0n) is 20.1. The van der Waals surface area contributed by atoms with Crippen molar-refractivity contribution in [1.82, 2.24) is 4.57 Å². The Hall–Kier alpha value is -1.54. The van der Waals surface area contributed by atoms with Crippen molar-refractivity contribution in [2.75, 3.05) is 6.61 Å². The molecule has 7 nitrogen and oxygen atoms in total. The van der Waals surface area contributed by atoms with E-state index in [0.717, 1.165) is 0 Å². The second kappa shape index (κ2) is 10.2. The van der Waals surface area contributed by atoms with E-state index in [-0.39, 0.29) is 27.2 Å². The summed E-state index contributed by atoms with van der Waals surface area (Å²) in [7, 11) is 0.0197. The quantitative estimate of drug-likeness (QED) is 0.215. The number of nitrogens with zero attached hydrogens (tertiary/aromatic N) is 2. The zero-order valence-corrected chi connectivity index (χ0v) is 21.0. The van der Waals surface area contributed by atoms with Crippen LogP contribution in [-0.2, 0) is 26.9 Å². The average molecular weight is 444 g/mol. The van der Waals surface area contributed by atoms with Gasteiger partial charge in [-0.3, -0.25) is 10.1 Å². The fourth-order valence-electron chi connectivity index (χ4n) is 3.61. The number of aromatic nitrogens is 1. The maximum Gasteiger partial charge on any atom is 0.355 e. The van der Waals surface area contributed by atoms with Gasteiger partial charge in [-0.2, -0.15) is 0 Å². The van der Waals surface area contributed by atoms with E-state index >= 15 is 0 Å². The molecule has 0 saturated carbocycles. The van der Waals surface area contributed by atoms with Crippen molar-refractivity contribution in [1.29, 1.82) is 0 Å². The first kappa shape index (κ1) is 26.5. The zero-order chi connectivity index (χ0) is 23.4. The molecule has 1 aromatic heterocycles. The summed E-state index contributed by atoms with van der Waals surface area (Å²) < 4.78 is 13.4. The van der Waals surface area contributed by atoms with Crippen LogP contribution in [0.5, 0.6) is 0 Å². The molecule has 0 aliphatic heterocycles. The predicted octanol–water partition coefficient (Wildman–Crippen LogP) is 5.18. The first-order valence-electron chi connectivity index (χ1n) is 10.5. The van der Waals surface area contributed by atoms with Crippen molar-refractivity contribution < 1.29 is 19.2 Å². The summed E-state index contributed by atoms with van der Waals surface area (Å²) in [5, 5.41) is 12.2. The molecule has 0 aliphatic carbocycles. The monoisotopic (exact) mass is 443 g/mol. The van der Waals surface area contributed by atoms with Crippen molar-refractivity contribution in [2.24, 2.45) is 5.92 Å². The molecule has 0 radical (unpaired) electrons. The minimum atomic E-state index is -0.684. The van der Waals surface area contributed by atoms with Crippen LogP contribution in [0, 0.1) is 16.0 Å². The summed E-state index contributed by atoms with van der Waals surface area (Å²) in [6.45, 7) is 21.4. The Morgan fingerprint density at radius 1 is 1.13 bits per heavy atom. The Morgan fingerprint density at radius 3 is 2.07 bits per heavy atom. The van der Waals surface area contributed by atoms with Gasteiger partial charge in [0.15, 0.2) is 0 Å². The number of nitro groups is 1. The number of carbonyl (C=O) groups is 1. The van der Waals surface area contributed by atoms with Crippen molar-refractivity contribution >= 4 is 22.6 Å². The van der Waals surface area contributed by atoms with Gasteiger partial charge in [0.2, 0.25) is 4.93 Å². The van der Waals surface area contributed by atoms with Gasteiger partial charge in [-0.05, 0) is 48.5 Å². The summed E-state index contributed by atoms with van der Waals surface area (Å²) >= 11 is 0. The highest BCUT2D eigenvalue weighted by Crippen LogP contribution is 2.36. The second-order valence-corrected chi connectivity index (χ2v) is 13.0. The second-order valence-electron chi connectivity index (χ2n) is 9.52. The van der Waals surface area contributed by atoms with Crippen molar-refractivity contribution in [3.8, 4) is 0 Å². The van der Waals surface area contributed by atoms with Gasteiger partial charge < -0.3 is 14.0 Å². The highest BCUT2D eigenvalue weighted by atomic mass is 32.2. The number of ether oxygens (including phenoxy) is 2. The lowest BCUT2D eigenvalue weighted by molar-refractivity contribution is -0.384. The molecular weight excluding hydrogens is 404 g/mol. The topological polar surface area (TPSA) is 83.6 Å². The molecule has 0 spiro atoms. The van der Waals surface area contributed by atoms with E-state index in [0.29, 0.717) is 29.6 Å². The Kier molecular flexibility index (Phi) is 8.99. The highest BCUT2D eigenvalue weighted by Gasteiger charge is 2.50. The van der Waals surface area contributed by atoms with Gasteiger partial charge >= 0.3 is 5.97 Å². The number of carbonyl (C=O) groups excluding carboxylic acids is 1. The van der Waals surface area contributed by atoms with E-state index in [1.807, 2.05) is 0 Å². The lowest BCUT2D eigenvalue weighted by atomic mass is 10.1. The van der Waals surface area contributed by atoms with Crippen molar-refractivity contribution in [2.45, 2.75) is 96.8 Å². The van der Waals surface area contributed by atoms with Crippen LogP contribution in [0.3, 0.4) is 0 Å². The van der Waals surface area contributed by atoms with Crippen LogP contribution in [0.2, 0.25) is 0 Å². The normalized spacial score (nSPS) is 14.6. The van der Waals surface area contributed by atoms with Crippen LogP contribution in [0.15, 0.2) is 12.3 Å². The molecule has 0 unspecified atom stereocenters. The molecule has 0 amide bonds. The Bertz CT molecular complexity index is 728. The van der Waals surface area contributed by atoms with Gasteiger partial charge in [0.05, 0.1) is 17.7 Å². The summed E-state index contributed by atoms with van der Waals surface area (Å²) in [6.07, 6.45) is 1.37. The molecule has 0 aliphatic rings. The standard InChI is InChI=1S/C22H39N2O5S/c1-15(2)22(10,30(16(3)4)17(5)6)28-12-11-23-14-18(24(26)27)13-19(23)20(25)29-21(7,8)9/h13-17H,11-12H2,1-10H3/q+1/t22-/m0/s1. The van der Waals surface area contributed by atoms with E-state index in [9.17, 15) is 14.9 Å². The lowest BCUT2D eigenvalue weighted by Crippen LogP contribution is -2.51. The van der Waals surface area contributed by atoms with E-state index in [2.05, 4.69) is 48.5 Å². The molecule has 30 heavy (non-hydrogen) atoms. The third-order valence-corrected chi connectivity index (χ3v) is 8.51. The first-order valence-corrected chi connectivity index (χ1v) is 11.9. The van der Waals surface area contributed by atoms with Crippen LogP contribution in [-0.4, -0.2) is 43.1 Å². The van der Waals surface area contributed by atoms with Crippen LogP contribution in [0.4, 0.5) is 5.69 Å². The van der Waals surface area contributed by atoms with Crippen molar-refractivity contribution in [3.05, 3.63) is 28.1 Å². The molecule has 0 N–H and O–H groups in total. The maximum absolute atomic E-state index is 12.6. The summed E-state index contributed by atoms with van der Waals surface area (Å²) in [4.78, 5) is 23.0. The van der Waals surface area contributed by atoms with Gasteiger partial charge in [-0.15, -0.1) is 0 Å². The summed E-state index contributed by atoms with van der Waals surface area (Å²) in [6, 6.07) is 1.27. The van der Waals surface area contributed by atoms with Gasteiger partial charge in [0, 0.05) is 36.3 Å². The molecule has 1 rings (SSSR count). The average Bonchev–Trinajstić information content (AvgIpc) is 2.96. The highest BCUT2D eigenvalue weighted by molar-refractivity contribution is 7.99. The van der Waals surface area contributed by atoms with Crippen LogP contribution in [0.25, 0.3) is 0 Å². The molecule has 0 saturated heterocycles. The molecule has 0 bridgehead atoms. The fourth-order valence-corrected chi connectivity index (χ4v) is 7.34. The first-order chi connectivity index (χ1) is 13.6. The third-order valence-electron chi connectivity index (χ3n) is 4.95. The van der Waals surface area contributed by atoms with E-state index in [4.69, 9.17) is 9.47 Å². The van der Waals surface area contributed by atoms with E-state index in [1.165, 1.54) is 12.3 Å². The fraction of sp³-hybridized carbons (Fsp3) is 0.773. The van der Waals surface area contributed by atoms with Crippen LogP contribution < -0.4 is 0 Å². The van der Waals surface area contributed by atoms with Gasteiger partial charge in [-0.25, -0.2) is 4.79 Å². The largest absolute Gasteiger partial charge is 0.455 e. The molecular formula is C22H39N2O5S+. The van der Waals surface area contributed by atoms with Crippen molar-refractivity contribution in [3.63, 3.8) is 0 Å².